The smallest absolute Gasteiger partial charge is 0.238 e. The lowest BCUT2D eigenvalue weighted by atomic mass is 10.2. The Kier molecular flexibility index (Phi) is 6.93. The van der Waals surface area contributed by atoms with E-state index in [-0.39, 0.29) is 18.2 Å². The summed E-state index contributed by atoms with van der Waals surface area (Å²) in [5.74, 6) is -0.346. The number of aliphatic imine (C=N–C) groups is 1. The maximum absolute atomic E-state index is 13.1. The molecule has 1 saturated heterocycles. The minimum Gasteiger partial charge on any atom is -0.325 e. The molecule has 2 amide bonds. The molecule has 0 radical (unpaired) electrons. The number of amides is 2. The molecule has 162 valence electrons. The van der Waals surface area contributed by atoms with Crippen molar-refractivity contribution in [1.82, 2.24) is 4.90 Å². The lowest BCUT2D eigenvalue weighted by Crippen LogP contribution is -2.44. The minimum absolute atomic E-state index is 0.106. The molecule has 1 heterocycles. The molecule has 32 heavy (non-hydrogen) atoms. The minimum atomic E-state index is -0.568. The van der Waals surface area contributed by atoms with Gasteiger partial charge in [0.2, 0.25) is 11.8 Å². The van der Waals surface area contributed by atoms with Gasteiger partial charge in [0.05, 0.1) is 12.2 Å². The van der Waals surface area contributed by atoms with Gasteiger partial charge in [-0.25, -0.2) is 4.99 Å². The summed E-state index contributed by atoms with van der Waals surface area (Å²) in [6.45, 7) is 2.36. The van der Waals surface area contributed by atoms with Gasteiger partial charge in [-0.3, -0.25) is 14.5 Å². The van der Waals surface area contributed by atoms with E-state index in [1.165, 1.54) is 11.8 Å². The zero-order chi connectivity index (χ0) is 22.5. The zero-order valence-corrected chi connectivity index (χ0v) is 19.1. The molecule has 0 aromatic heterocycles. The van der Waals surface area contributed by atoms with Crippen molar-refractivity contribution < 1.29 is 9.59 Å². The van der Waals surface area contributed by atoms with Gasteiger partial charge in [0.25, 0.3) is 0 Å². The third-order valence-corrected chi connectivity index (χ3v) is 6.39. The van der Waals surface area contributed by atoms with E-state index in [2.05, 4.69) is 10.3 Å². The molecule has 0 spiro atoms. The van der Waals surface area contributed by atoms with Crippen LogP contribution in [0.3, 0.4) is 0 Å². The maximum Gasteiger partial charge on any atom is 0.238 e. The van der Waals surface area contributed by atoms with E-state index in [4.69, 9.17) is 11.6 Å². The Balaban J connectivity index is 1.59. The number of hydrogen-bond acceptors (Lipinski definition) is 4. The third kappa shape index (κ3) is 5.58. The SMILES string of the molecule is Cc1cccc(NC(=O)[C@H]2CC(=O)N(Cc3ccccc3)C(=Nc3ccc(Cl)cc3)S2)c1. The van der Waals surface area contributed by atoms with Gasteiger partial charge < -0.3 is 5.32 Å². The molecule has 0 bridgehead atoms. The average molecular weight is 464 g/mol. The standard InChI is InChI=1S/C25H22ClN3O2S/c1-17-6-5-9-21(14-17)27-24(31)22-15-23(30)29(16-18-7-3-2-4-8-18)25(32-22)28-20-12-10-19(26)11-13-20/h2-14,22H,15-16H2,1H3,(H,27,31)/t22-/m1/s1. The first-order valence-electron chi connectivity index (χ1n) is 10.2. The number of aryl methyl sites for hydroxylation is 1. The Morgan fingerprint density at radius 1 is 1.09 bits per heavy atom. The highest BCUT2D eigenvalue weighted by molar-refractivity contribution is 8.15. The molecule has 5 nitrogen and oxygen atoms in total. The van der Waals surface area contributed by atoms with Crippen LogP contribution >= 0.6 is 23.4 Å². The zero-order valence-electron chi connectivity index (χ0n) is 17.5. The third-order valence-electron chi connectivity index (χ3n) is 4.95. The first-order valence-corrected chi connectivity index (χ1v) is 11.5. The van der Waals surface area contributed by atoms with Crippen molar-refractivity contribution in [3.05, 3.63) is 95.0 Å². The van der Waals surface area contributed by atoms with Gasteiger partial charge in [0.15, 0.2) is 5.17 Å². The monoisotopic (exact) mass is 463 g/mol. The molecular weight excluding hydrogens is 442 g/mol. The molecule has 1 atom stereocenters. The topological polar surface area (TPSA) is 61.8 Å². The fraction of sp³-hybridized carbons (Fsp3) is 0.160. The van der Waals surface area contributed by atoms with E-state index >= 15 is 0 Å². The summed E-state index contributed by atoms with van der Waals surface area (Å²) in [6, 6.07) is 24.4. The van der Waals surface area contributed by atoms with Crippen LogP contribution in [0.4, 0.5) is 11.4 Å². The van der Waals surface area contributed by atoms with E-state index in [1.807, 2.05) is 61.5 Å². The first kappa shape index (κ1) is 22.1. The number of nitrogens with one attached hydrogen (secondary N) is 1. The van der Waals surface area contributed by atoms with Crippen molar-refractivity contribution in [3.63, 3.8) is 0 Å². The Hall–Kier alpha value is -3.09. The van der Waals surface area contributed by atoms with Crippen LogP contribution in [0.1, 0.15) is 17.5 Å². The van der Waals surface area contributed by atoms with Crippen LogP contribution in [-0.4, -0.2) is 27.1 Å². The van der Waals surface area contributed by atoms with Crippen LogP contribution in [0.15, 0.2) is 83.9 Å². The summed E-state index contributed by atoms with van der Waals surface area (Å²) in [7, 11) is 0. The predicted molar refractivity (Wildman–Crippen MR) is 131 cm³/mol. The van der Waals surface area contributed by atoms with Gasteiger partial charge in [0.1, 0.15) is 5.25 Å². The number of halogens is 1. The summed E-state index contributed by atoms with van der Waals surface area (Å²) in [5.41, 5.74) is 3.43. The van der Waals surface area contributed by atoms with E-state index in [1.54, 1.807) is 29.2 Å². The van der Waals surface area contributed by atoms with Crippen LogP contribution in [0, 0.1) is 6.92 Å². The number of benzene rings is 3. The van der Waals surface area contributed by atoms with Gasteiger partial charge >= 0.3 is 0 Å². The largest absolute Gasteiger partial charge is 0.325 e. The van der Waals surface area contributed by atoms with Gasteiger partial charge in [-0.2, -0.15) is 0 Å². The highest BCUT2D eigenvalue weighted by Gasteiger charge is 2.36. The second-order valence-electron chi connectivity index (χ2n) is 7.51. The van der Waals surface area contributed by atoms with Gasteiger partial charge in [-0.1, -0.05) is 65.8 Å². The van der Waals surface area contributed by atoms with Crippen LogP contribution < -0.4 is 5.32 Å². The molecule has 1 aliphatic rings. The number of thioether (sulfide) groups is 1. The normalized spacial score (nSPS) is 17.4. The van der Waals surface area contributed by atoms with Crippen LogP contribution in [-0.2, 0) is 16.1 Å². The number of rotatable bonds is 5. The first-order chi connectivity index (χ1) is 15.5. The molecule has 4 rings (SSSR count). The van der Waals surface area contributed by atoms with Gasteiger partial charge in [0, 0.05) is 17.1 Å². The molecule has 3 aromatic rings. The maximum atomic E-state index is 13.1. The molecule has 1 N–H and O–H groups in total. The predicted octanol–water partition coefficient (Wildman–Crippen LogP) is 5.81. The average Bonchev–Trinajstić information content (AvgIpc) is 2.78. The summed E-state index contributed by atoms with van der Waals surface area (Å²) >= 11 is 7.30. The van der Waals surface area contributed by atoms with E-state index < -0.39 is 5.25 Å². The Morgan fingerprint density at radius 2 is 1.84 bits per heavy atom. The van der Waals surface area contributed by atoms with Crippen LogP contribution in [0.25, 0.3) is 0 Å². The second-order valence-corrected chi connectivity index (χ2v) is 9.11. The fourth-order valence-electron chi connectivity index (χ4n) is 3.33. The van der Waals surface area contributed by atoms with Crippen molar-refractivity contribution in [2.24, 2.45) is 4.99 Å². The molecule has 1 fully saturated rings. The number of anilines is 1. The van der Waals surface area contributed by atoms with Crippen molar-refractivity contribution in [1.29, 1.82) is 0 Å². The summed E-state index contributed by atoms with van der Waals surface area (Å²) in [4.78, 5) is 32.4. The second kappa shape index (κ2) is 10.0. The molecule has 1 aliphatic heterocycles. The van der Waals surface area contributed by atoms with Crippen LogP contribution in [0.2, 0.25) is 5.02 Å². The van der Waals surface area contributed by atoms with Crippen molar-refractivity contribution >= 4 is 51.7 Å². The van der Waals surface area contributed by atoms with Crippen molar-refractivity contribution in [2.75, 3.05) is 5.32 Å². The fourth-order valence-corrected chi connectivity index (χ4v) is 4.56. The quantitative estimate of drug-likeness (QED) is 0.519. The highest BCUT2D eigenvalue weighted by atomic mass is 35.5. The molecule has 0 aliphatic carbocycles. The molecule has 3 aromatic carbocycles. The van der Waals surface area contributed by atoms with E-state index in [0.29, 0.717) is 28.1 Å². The lowest BCUT2D eigenvalue weighted by Gasteiger charge is -2.32. The molecule has 0 unspecified atom stereocenters. The van der Waals surface area contributed by atoms with E-state index in [0.717, 1.165) is 11.1 Å². The summed E-state index contributed by atoms with van der Waals surface area (Å²) < 4.78 is 0. The van der Waals surface area contributed by atoms with Crippen molar-refractivity contribution in [3.8, 4) is 0 Å². The Morgan fingerprint density at radius 3 is 2.56 bits per heavy atom. The number of hydrogen-bond donors (Lipinski definition) is 1. The number of amidine groups is 1. The van der Waals surface area contributed by atoms with Gasteiger partial charge in [-0.15, -0.1) is 0 Å². The highest BCUT2D eigenvalue weighted by Crippen LogP contribution is 2.31. The number of carbonyl (C=O) groups excluding carboxylic acids is 2. The molecule has 0 saturated carbocycles. The summed E-state index contributed by atoms with van der Waals surface area (Å²) in [6.07, 6.45) is 0.106. The lowest BCUT2D eigenvalue weighted by molar-refractivity contribution is -0.129. The number of carbonyl (C=O) groups is 2. The molecule has 7 heteroatoms. The van der Waals surface area contributed by atoms with E-state index in [9.17, 15) is 9.59 Å². The Labute approximate surface area is 196 Å². The van der Waals surface area contributed by atoms with Crippen LogP contribution in [0.5, 0.6) is 0 Å². The molecular formula is C25H22ClN3O2S. The van der Waals surface area contributed by atoms with Crippen molar-refractivity contribution in [2.45, 2.75) is 25.1 Å². The Bertz CT molecular complexity index is 1150. The summed E-state index contributed by atoms with van der Waals surface area (Å²) in [5, 5.41) is 3.46. The number of nitrogens with zero attached hydrogens (tertiary/aromatic N) is 2. The van der Waals surface area contributed by atoms with Gasteiger partial charge in [-0.05, 0) is 54.4 Å².